The second kappa shape index (κ2) is 5.08. The third kappa shape index (κ3) is 2.16. The molecule has 0 aromatic carbocycles. The van der Waals surface area contributed by atoms with E-state index in [1.54, 1.807) is 10.7 Å². The van der Waals surface area contributed by atoms with Crippen LogP contribution in [0, 0.1) is 5.82 Å². The third-order valence-electron chi connectivity index (χ3n) is 2.74. The fourth-order valence-corrected chi connectivity index (χ4v) is 1.76. The van der Waals surface area contributed by atoms with Gasteiger partial charge in [0.15, 0.2) is 5.82 Å². The van der Waals surface area contributed by atoms with Gasteiger partial charge >= 0.3 is 0 Å². The Morgan fingerprint density at radius 3 is 2.83 bits per heavy atom. The van der Waals surface area contributed by atoms with Crippen LogP contribution in [0.25, 0.3) is 0 Å². The molecule has 2 heterocycles. The maximum atomic E-state index is 13.5. The summed E-state index contributed by atoms with van der Waals surface area (Å²) in [6, 6.07) is 3.10. The van der Waals surface area contributed by atoms with Crippen molar-refractivity contribution < 1.29 is 9.18 Å². The van der Waals surface area contributed by atoms with E-state index >= 15 is 0 Å². The summed E-state index contributed by atoms with van der Waals surface area (Å²) in [5.74, 6) is -0.964. The van der Waals surface area contributed by atoms with Gasteiger partial charge in [-0.3, -0.25) is 14.5 Å². The summed E-state index contributed by atoms with van der Waals surface area (Å²) in [6.45, 7) is 4.43. The normalized spacial score (nSPS) is 10.6. The Morgan fingerprint density at radius 1 is 1.44 bits per heavy atom. The molecule has 2 aromatic rings. The highest BCUT2D eigenvalue weighted by Crippen LogP contribution is 2.14. The summed E-state index contributed by atoms with van der Waals surface area (Å²) in [6.07, 6.45) is 3.19. The van der Waals surface area contributed by atoms with Crippen LogP contribution in [0.2, 0.25) is 0 Å². The molecule has 0 saturated carbocycles. The maximum absolute atomic E-state index is 13.5. The monoisotopic (exact) mass is 247 g/mol. The number of rotatable bonds is 4. The number of hydrogen-bond acceptors (Lipinski definition) is 3. The molecular formula is C13H14FN3O. The largest absolute Gasteiger partial charge is 0.287 e. The molecule has 0 saturated heterocycles. The van der Waals surface area contributed by atoms with Gasteiger partial charge in [0.05, 0.1) is 17.5 Å². The van der Waals surface area contributed by atoms with E-state index in [-0.39, 0.29) is 11.3 Å². The van der Waals surface area contributed by atoms with Crippen molar-refractivity contribution in [1.29, 1.82) is 0 Å². The van der Waals surface area contributed by atoms with E-state index in [9.17, 15) is 9.18 Å². The highest BCUT2D eigenvalue weighted by atomic mass is 19.1. The first kappa shape index (κ1) is 12.4. The van der Waals surface area contributed by atoms with Gasteiger partial charge in [0.2, 0.25) is 5.78 Å². The number of pyridine rings is 1. The Bertz CT molecular complexity index is 577. The standard InChI is InChI=1S/C13H14FN3O/c1-3-9-7-12(17(4-2)16-9)13(18)10-5-6-15-8-11(10)14/h5-8H,3-4H2,1-2H3. The minimum atomic E-state index is -0.607. The molecule has 0 spiro atoms. The lowest BCUT2D eigenvalue weighted by molar-refractivity contribution is 0.102. The molecule has 2 rings (SSSR count). The predicted octanol–water partition coefficient (Wildman–Crippen LogP) is 2.23. The van der Waals surface area contributed by atoms with Crippen LogP contribution < -0.4 is 0 Å². The van der Waals surface area contributed by atoms with Crippen LogP contribution in [0.5, 0.6) is 0 Å². The van der Waals surface area contributed by atoms with E-state index in [4.69, 9.17) is 0 Å². The molecular weight excluding hydrogens is 233 g/mol. The van der Waals surface area contributed by atoms with Crippen LogP contribution in [-0.4, -0.2) is 20.5 Å². The smallest absolute Gasteiger partial charge is 0.214 e. The van der Waals surface area contributed by atoms with E-state index in [1.807, 2.05) is 13.8 Å². The fourth-order valence-electron chi connectivity index (χ4n) is 1.76. The van der Waals surface area contributed by atoms with Gasteiger partial charge in [-0.15, -0.1) is 0 Å². The molecule has 0 aliphatic heterocycles. The van der Waals surface area contributed by atoms with Crippen LogP contribution in [0.1, 0.15) is 35.6 Å². The highest BCUT2D eigenvalue weighted by molar-refractivity contribution is 6.08. The molecule has 94 valence electrons. The van der Waals surface area contributed by atoms with Gasteiger partial charge in [-0.05, 0) is 25.5 Å². The van der Waals surface area contributed by atoms with Crippen LogP contribution in [0.3, 0.4) is 0 Å². The average Bonchev–Trinajstić information content (AvgIpc) is 2.82. The number of halogens is 1. The molecule has 0 N–H and O–H groups in total. The molecule has 4 nitrogen and oxygen atoms in total. The Labute approximate surface area is 104 Å². The SMILES string of the molecule is CCc1cc(C(=O)c2ccncc2F)n(CC)n1. The van der Waals surface area contributed by atoms with Gasteiger partial charge in [-0.1, -0.05) is 6.92 Å². The molecule has 0 atom stereocenters. The topological polar surface area (TPSA) is 47.8 Å². The van der Waals surface area contributed by atoms with Gasteiger partial charge in [0.25, 0.3) is 0 Å². The minimum Gasteiger partial charge on any atom is -0.287 e. The molecule has 0 amide bonds. The first-order valence-electron chi connectivity index (χ1n) is 5.88. The molecule has 2 aromatic heterocycles. The quantitative estimate of drug-likeness (QED) is 0.778. The molecule has 0 radical (unpaired) electrons. The Morgan fingerprint density at radius 2 is 2.22 bits per heavy atom. The summed E-state index contributed by atoms with van der Waals surface area (Å²) < 4.78 is 15.1. The van der Waals surface area contributed by atoms with E-state index < -0.39 is 5.82 Å². The zero-order chi connectivity index (χ0) is 13.1. The van der Waals surface area contributed by atoms with Gasteiger partial charge in [-0.2, -0.15) is 5.10 Å². The molecule has 0 unspecified atom stereocenters. The van der Waals surface area contributed by atoms with Crippen molar-refractivity contribution in [1.82, 2.24) is 14.8 Å². The molecule has 18 heavy (non-hydrogen) atoms. The number of aromatic nitrogens is 3. The summed E-state index contributed by atoms with van der Waals surface area (Å²) in [4.78, 5) is 15.9. The molecule has 0 bridgehead atoms. The highest BCUT2D eigenvalue weighted by Gasteiger charge is 2.18. The van der Waals surface area contributed by atoms with Gasteiger partial charge in [0.1, 0.15) is 5.69 Å². The van der Waals surface area contributed by atoms with E-state index in [0.29, 0.717) is 12.2 Å². The predicted molar refractivity (Wildman–Crippen MR) is 64.9 cm³/mol. The van der Waals surface area contributed by atoms with Crippen molar-refractivity contribution in [2.75, 3.05) is 0 Å². The van der Waals surface area contributed by atoms with Crippen molar-refractivity contribution in [3.8, 4) is 0 Å². The van der Waals surface area contributed by atoms with E-state index in [0.717, 1.165) is 18.3 Å². The average molecular weight is 247 g/mol. The first-order valence-corrected chi connectivity index (χ1v) is 5.88. The molecule has 0 aliphatic carbocycles. The summed E-state index contributed by atoms with van der Waals surface area (Å²) in [5, 5.41) is 4.28. The number of carbonyl (C=O) groups is 1. The van der Waals surface area contributed by atoms with Crippen molar-refractivity contribution in [3.63, 3.8) is 0 Å². The summed E-state index contributed by atoms with van der Waals surface area (Å²) in [7, 11) is 0. The first-order chi connectivity index (χ1) is 8.67. The lowest BCUT2D eigenvalue weighted by Gasteiger charge is -2.04. The molecule has 5 heteroatoms. The second-order valence-electron chi connectivity index (χ2n) is 3.87. The minimum absolute atomic E-state index is 0.0299. The Balaban J connectivity index is 2.46. The Kier molecular flexibility index (Phi) is 3.50. The van der Waals surface area contributed by atoms with E-state index in [2.05, 4.69) is 10.1 Å². The Hall–Kier alpha value is -2.04. The van der Waals surface area contributed by atoms with Gasteiger partial charge < -0.3 is 0 Å². The van der Waals surface area contributed by atoms with E-state index in [1.165, 1.54) is 12.3 Å². The lowest BCUT2D eigenvalue weighted by Crippen LogP contribution is -2.12. The zero-order valence-electron chi connectivity index (χ0n) is 10.4. The second-order valence-corrected chi connectivity index (χ2v) is 3.87. The summed E-state index contributed by atoms with van der Waals surface area (Å²) in [5.41, 5.74) is 1.27. The van der Waals surface area contributed by atoms with Crippen molar-refractivity contribution in [2.45, 2.75) is 26.8 Å². The molecule has 0 fully saturated rings. The summed E-state index contributed by atoms with van der Waals surface area (Å²) >= 11 is 0. The van der Waals surface area contributed by atoms with Crippen molar-refractivity contribution >= 4 is 5.78 Å². The van der Waals surface area contributed by atoms with Crippen LogP contribution in [0.4, 0.5) is 4.39 Å². The number of nitrogens with zero attached hydrogens (tertiary/aromatic N) is 3. The number of ketones is 1. The van der Waals surface area contributed by atoms with Crippen LogP contribution in [0.15, 0.2) is 24.5 Å². The number of carbonyl (C=O) groups excluding carboxylic acids is 1. The van der Waals surface area contributed by atoms with Gasteiger partial charge in [-0.25, -0.2) is 4.39 Å². The molecule has 0 aliphatic rings. The van der Waals surface area contributed by atoms with Crippen molar-refractivity contribution in [2.24, 2.45) is 0 Å². The van der Waals surface area contributed by atoms with Crippen LogP contribution in [-0.2, 0) is 13.0 Å². The number of aryl methyl sites for hydroxylation is 2. The van der Waals surface area contributed by atoms with Gasteiger partial charge in [0, 0.05) is 12.7 Å². The number of hydrogen-bond donors (Lipinski definition) is 0. The maximum Gasteiger partial charge on any atom is 0.214 e. The fraction of sp³-hybridized carbons (Fsp3) is 0.308. The van der Waals surface area contributed by atoms with Crippen LogP contribution >= 0.6 is 0 Å². The lowest BCUT2D eigenvalue weighted by atomic mass is 10.1. The van der Waals surface area contributed by atoms with Crippen molar-refractivity contribution in [3.05, 3.63) is 47.3 Å². The third-order valence-corrected chi connectivity index (χ3v) is 2.74. The zero-order valence-corrected chi connectivity index (χ0v) is 10.4.